The number of rotatable bonds is 5. The van der Waals surface area contributed by atoms with Crippen LogP contribution >= 0.6 is 11.8 Å². The molecule has 1 saturated heterocycles. The zero-order chi connectivity index (χ0) is 18.5. The van der Waals surface area contributed by atoms with E-state index in [1.807, 2.05) is 62.4 Å². The lowest BCUT2D eigenvalue weighted by atomic mass is 10.1. The lowest BCUT2D eigenvalue weighted by molar-refractivity contribution is -0.122. The third kappa shape index (κ3) is 4.73. The molecule has 3 rings (SSSR count). The standard InChI is InChI=1S/C20H21N3O2S/c1-13-8-9-16(14(2)10-13)22-18(24)11-17-19(25)23-20(26-17)21-12-15-6-4-3-5-7-15/h3-10,17H,11-12H2,1-2H3,(H,22,24)(H,21,23,25)/t17-/m1/s1. The van der Waals surface area contributed by atoms with Crippen molar-refractivity contribution in [3.63, 3.8) is 0 Å². The fraction of sp³-hybridized carbons (Fsp3) is 0.250. The third-order valence-corrected chi connectivity index (χ3v) is 5.17. The number of aryl methyl sites for hydroxylation is 2. The average Bonchev–Trinajstić information content (AvgIpc) is 2.96. The van der Waals surface area contributed by atoms with Gasteiger partial charge in [0.05, 0.1) is 6.54 Å². The molecule has 0 aromatic heterocycles. The molecule has 0 spiro atoms. The molecule has 26 heavy (non-hydrogen) atoms. The van der Waals surface area contributed by atoms with Crippen molar-refractivity contribution in [1.29, 1.82) is 0 Å². The van der Waals surface area contributed by atoms with E-state index < -0.39 is 5.25 Å². The summed E-state index contributed by atoms with van der Waals surface area (Å²) in [7, 11) is 0. The normalized spacial score (nSPS) is 18.0. The van der Waals surface area contributed by atoms with Crippen LogP contribution < -0.4 is 10.6 Å². The van der Waals surface area contributed by atoms with Crippen molar-refractivity contribution in [3.8, 4) is 0 Å². The molecule has 1 heterocycles. The molecule has 0 saturated carbocycles. The number of carbonyl (C=O) groups excluding carboxylic acids is 2. The summed E-state index contributed by atoms with van der Waals surface area (Å²) in [6, 6.07) is 15.7. The highest BCUT2D eigenvalue weighted by molar-refractivity contribution is 8.15. The maximum atomic E-state index is 12.3. The van der Waals surface area contributed by atoms with Crippen molar-refractivity contribution in [1.82, 2.24) is 5.32 Å². The van der Waals surface area contributed by atoms with E-state index in [4.69, 9.17) is 0 Å². The lowest BCUT2D eigenvalue weighted by Crippen LogP contribution is -2.28. The highest BCUT2D eigenvalue weighted by Gasteiger charge is 2.32. The van der Waals surface area contributed by atoms with Gasteiger partial charge in [-0.1, -0.05) is 59.8 Å². The van der Waals surface area contributed by atoms with E-state index in [2.05, 4.69) is 15.6 Å². The number of anilines is 1. The van der Waals surface area contributed by atoms with E-state index in [0.29, 0.717) is 11.7 Å². The monoisotopic (exact) mass is 367 g/mol. The van der Waals surface area contributed by atoms with E-state index >= 15 is 0 Å². The number of benzene rings is 2. The largest absolute Gasteiger partial charge is 0.326 e. The molecule has 2 aromatic carbocycles. The quantitative estimate of drug-likeness (QED) is 0.851. The van der Waals surface area contributed by atoms with Crippen LogP contribution in [0.5, 0.6) is 0 Å². The predicted molar refractivity (Wildman–Crippen MR) is 106 cm³/mol. The number of thioether (sulfide) groups is 1. The summed E-state index contributed by atoms with van der Waals surface area (Å²) in [5.41, 5.74) is 4.00. The summed E-state index contributed by atoms with van der Waals surface area (Å²) in [4.78, 5) is 28.8. The van der Waals surface area contributed by atoms with E-state index in [9.17, 15) is 9.59 Å². The van der Waals surface area contributed by atoms with Gasteiger partial charge >= 0.3 is 0 Å². The van der Waals surface area contributed by atoms with Crippen LogP contribution in [0, 0.1) is 13.8 Å². The van der Waals surface area contributed by atoms with E-state index in [0.717, 1.165) is 22.4 Å². The third-order valence-electron chi connectivity index (χ3n) is 4.05. The summed E-state index contributed by atoms with van der Waals surface area (Å²) in [5, 5.41) is 5.77. The van der Waals surface area contributed by atoms with Crippen molar-refractivity contribution in [2.75, 3.05) is 5.32 Å². The van der Waals surface area contributed by atoms with Crippen molar-refractivity contribution in [3.05, 3.63) is 65.2 Å². The fourth-order valence-electron chi connectivity index (χ4n) is 2.68. The molecule has 1 atom stereocenters. The SMILES string of the molecule is Cc1ccc(NC(=O)C[C@H]2SC(=NCc3ccccc3)NC2=O)c(C)c1. The second kappa shape index (κ2) is 8.19. The Hall–Kier alpha value is -2.60. The second-order valence-corrected chi connectivity index (χ2v) is 7.46. The zero-order valence-electron chi connectivity index (χ0n) is 14.8. The molecule has 1 aliphatic rings. The molecule has 0 aliphatic carbocycles. The highest BCUT2D eigenvalue weighted by Crippen LogP contribution is 2.24. The fourth-order valence-corrected chi connectivity index (χ4v) is 3.65. The number of aliphatic imine (C=N–C) groups is 1. The highest BCUT2D eigenvalue weighted by atomic mass is 32.2. The van der Waals surface area contributed by atoms with Crippen molar-refractivity contribution in [2.24, 2.45) is 4.99 Å². The van der Waals surface area contributed by atoms with Gasteiger partial charge in [0.25, 0.3) is 0 Å². The van der Waals surface area contributed by atoms with Gasteiger partial charge in [-0.05, 0) is 31.0 Å². The maximum Gasteiger partial charge on any atom is 0.240 e. The van der Waals surface area contributed by atoms with Gasteiger partial charge in [-0.2, -0.15) is 0 Å². The summed E-state index contributed by atoms with van der Waals surface area (Å²) in [6.07, 6.45) is 0.119. The number of amidine groups is 1. The van der Waals surface area contributed by atoms with Crippen LogP contribution in [0.15, 0.2) is 53.5 Å². The van der Waals surface area contributed by atoms with Gasteiger partial charge in [-0.3, -0.25) is 14.6 Å². The Morgan fingerprint density at radius 1 is 1.19 bits per heavy atom. The molecule has 2 amide bonds. The first-order chi connectivity index (χ1) is 12.5. The average molecular weight is 367 g/mol. The smallest absolute Gasteiger partial charge is 0.240 e. The van der Waals surface area contributed by atoms with Crippen LogP contribution in [0.3, 0.4) is 0 Å². The van der Waals surface area contributed by atoms with Crippen LogP contribution in [-0.2, 0) is 16.1 Å². The molecule has 1 fully saturated rings. The lowest BCUT2D eigenvalue weighted by Gasteiger charge is -2.10. The number of amides is 2. The molecule has 0 unspecified atom stereocenters. The molecule has 134 valence electrons. The van der Waals surface area contributed by atoms with Gasteiger partial charge in [-0.15, -0.1) is 0 Å². The van der Waals surface area contributed by atoms with Gasteiger partial charge in [0.2, 0.25) is 11.8 Å². The van der Waals surface area contributed by atoms with Crippen LogP contribution in [0.4, 0.5) is 5.69 Å². The summed E-state index contributed by atoms with van der Waals surface area (Å²) in [5.74, 6) is -0.341. The number of hydrogen-bond donors (Lipinski definition) is 2. The number of nitrogens with zero attached hydrogens (tertiary/aromatic N) is 1. The Labute approximate surface area is 157 Å². The van der Waals surface area contributed by atoms with Crippen molar-refractivity contribution < 1.29 is 9.59 Å². The van der Waals surface area contributed by atoms with Crippen molar-refractivity contribution in [2.45, 2.75) is 32.1 Å². The molecular formula is C20H21N3O2S. The van der Waals surface area contributed by atoms with Gasteiger partial charge < -0.3 is 10.6 Å². The number of carbonyl (C=O) groups is 2. The molecule has 6 heteroatoms. The summed E-state index contributed by atoms with van der Waals surface area (Å²) in [6.45, 7) is 4.47. The second-order valence-electron chi connectivity index (χ2n) is 6.27. The zero-order valence-corrected chi connectivity index (χ0v) is 15.6. The van der Waals surface area contributed by atoms with E-state index in [1.165, 1.54) is 11.8 Å². The predicted octanol–water partition coefficient (Wildman–Crippen LogP) is 3.42. The first-order valence-corrected chi connectivity index (χ1v) is 9.32. The van der Waals surface area contributed by atoms with Crippen LogP contribution in [-0.4, -0.2) is 22.2 Å². The van der Waals surface area contributed by atoms with E-state index in [1.54, 1.807) is 0 Å². The molecule has 5 nitrogen and oxygen atoms in total. The van der Waals surface area contributed by atoms with Gasteiger partial charge in [0.1, 0.15) is 5.25 Å². The Morgan fingerprint density at radius 2 is 1.96 bits per heavy atom. The Kier molecular flexibility index (Phi) is 5.73. The molecular weight excluding hydrogens is 346 g/mol. The van der Waals surface area contributed by atoms with Gasteiger partial charge in [0, 0.05) is 12.1 Å². The van der Waals surface area contributed by atoms with Crippen LogP contribution in [0.2, 0.25) is 0 Å². The number of nitrogens with one attached hydrogen (secondary N) is 2. The molecule has 0 bridgehead atoms. The van der Waals surface area contributed by atoms with E-state index in [-0.39, 0.29) is 18.2 Å². The summed E-state index contributed by atoms with van der Waals surface area (Å²) >= 11 is 1.31. The Balaban J connectivity index is 1.56. The van der Waals surface area contributed by atoms with Crippen LogP contribution in [0.1, 0.15) is 23.1 Å². The molecule has 1 aliphatic heterocycles. The first-order valence-electron chi connectivity index (χ1n) is 8.44. The Bertz CT molecular complexity index is 849. The molecule has 0 radical (unpaired) electrons. The topological polar surface area (TPSA) is 70.6 Å². The van der Waals surface area contributed by atoms with Gasteiger partial charge in [0.15, 0.2) is 5.17 Å². The minimum Gasteiger partial charge on any atom is -0.326 e. The maximum absolute atomic E-state index is 12.3. The van der Waals surface area contributed by atoms with Gasteiger partial charge in [-0.25, -0.2) is 0 Å². The first kappa shape index (κ1) is 18.2. The van der Waals surface area contributed by atoms with Crippen LogP contribution in [0.25, 0.3) is 0 Å². The minimum absolute atomic E-state index is 0.119. The summed E-state index contributed by atoms with van der Waals surface area (Å²) < 4.78 is 0. The minimum atomic E-state index is -0.449. The molecule has 2 N–H and O–H groups in total. The molecule has 2 aromatic rings. The number of hydrogen-bond acceptors (Lipinski definition) is 4. The Morgan fingerprint density at radius 3 is 2.69 bits per heavy atom. The van der Waals surface area contributed by atoms with Crippen molar-refractivity contribution >= 4 is 34.4 Å².